The average Bonchev–Trinajstić information content (AvgIpc) is 2.17. The van der Waals surface area contributed by atoms with E-state index in [1.807, 2.05) is 4.72 Å². The second kappa shape index (κ2) is 5.45. The van der Waals surface area contributed by atoms with Gasteiger partial charge in [-0.2, -0.15) is 0 Å². The average molecular weight is 306 g/mol. The number of hydrogen-bond acceptors (Lipinski definition) is 3. The van der Waals surface area contributed by atoms with E-state index in [1.54, 1.807) is 31.2 Å². The fraction of sp³-hybridized carbons (Fsp3) is 0.300. The molecule has 1 aromatic rings. The van der Waals surface area contributed by atoms with Gasteiger partial charge in [0, 0.05) is 10.0 Å². The Hall–Kier alpha value is -0.880. The van der Waals surface area contributed by atoms with Gasteiger partial charge in [0.05, 0.1) is 5.75 Å². The van der Waals surface area contributed by atoms with Gasteiger partial charge in [0.15, 0.2) is 0 Å². The van der Waals surface area contributed by atoms with Crippen LogP contribution in [0, 0.1) is 0 Å². The predicted molar refractivity (Wildman–Crippen MR) is 65.7 cm³/mol. The molecular weight excluding hydrogens is 294 g/mol. The first-order valence-electron chi connectivity index (χ1n) is 4.75. The number of benzene rings is 1. The molecule has 16 heavy (non-hydrogen) atoms. The van der Waals surface area contributed by atoms with Gasteiger partial charge in [-0.1, -0.05) is 22.9 Å². The number of sulfonamides is 1. The summed E-state index contributed by atoms with van der Waals surface area (Å²) < 4.78 is 25.5. The molecule has 0 unspecified atom stereocenters. The molecule has 1 N–H and O–H groups in total. The van der Waals surface area contributed by atoms with Gasteiger partial charge in [-0.05, 0) is 30.7 Å². The van der Waals surface area contributed by atoms with Crippen molar-refractivity contribution in [3.8, 4) is 0 Å². The molecule has 1 rings (SSSR count). The van der Waals surface area contributed by atoms with Crippen molar-refractivity contribution in [1.29, 1.82) is 0 Å². The highest BCUT2D eigenvalue weighted by molar-refractivity contribution is 9.10. The third-order valence-corrected chi connectivity index (χ3v) is 3.80. The second-order valence-corrected chi connectivity index (χ2v) is 6.01. The summed E-state index contributed by atoms with van der Waals surface area (Å²) in [5.41, 5.74) is 0.322. The Morgan fingerprint density at radius 1 is 1.31 bits per heavy atom. The quantitative estimate of drug-likeness (QED) is 0.924. The van der Waals surface area contributed by atoms with E-state index in [2.05, 4.69) is 15.9 Å². The van der Waals surface area contributed by atoms with Crippen LogP contribution in [0.1, 0.15) is 23.7 Å². The van der Waals surface area contributed by atoms with E-state index in [0.29, 0.717) is 12.0 Å². The van der Waals surface area contributed by atoms with E-state index in [-0.39, 0.29) is 5.75 Å². The zero-order chi connectivity index (χ0) is 12.2. The maximum atomic E-state index is 11.5. The van der Waals surface area contributed by atoms with E-state index in [0.717, 1.165) is 4.47 Å². The maximum absolute atomic E-state index is 11.5. The van der Waals surface area contributed by atoms with Crippen molar-refractivity contribution < 1.29 is 13.2 Å². The van der Waals surface area contributed by atoms with E-state index < -0.39 is 15.9 Å². The van der Waals surface area contributed by atoms with Gasteiger partial charge in [-0.3, -0.25) is 4.79 Å². The Kier molecular flexibility index (Phi) is 4.49. The summed E-state index contributed by atoms with van der Waals surface area (Å²) in [6.07, 6.45) is 0.475. The van der Waals surface area contributed by atoms with Crippen LogP contribution < -0.4 is 4.72 Å². The van der Waals surface area contributed by atoms with Crippen molar-refractivity contribution in [3.05, 3.63) is 34.3 Å². The van der Waals surface area contributed by atoms with E-state index in [9.17, 15) is 13.2 Å². The van der Waals surface area contributed by atoms with Crippen LogP contribution in [0.2, 0.25) is 0 Å². The molecule has 0 aliphatic carbocycles. The van der Waals surface area contributed by atoms with Gasteiger partial charge in [0.2, 0.25) is 10.0 Å². The highest BCUT2D eigenvalue weighted by atomic mass is 79.9. The summed E-state index contributed by atoms with van der Waals surface area (Å²) in [6.45, 7) is 1.74. The minimum atomic E-state index is -3.50. The molecule has 0 aromatic heterocycles. The zero-order valence-corrected chi connectivity index (χ0v) is 11.1. The first-order valence-corrected chi connectivity index (χ1v) is 7.19. The number of amides is 1. The van der Waals surface area contributed by atoms with Crippen molar-refractivity contribution in [2.45, 2.75) is 13.3 Å². The molecule has 6 heteroatoms. The smallest absolute Gasteiger partial charge is 0.264 e. The number of halogens is 1. The fourth-order valence-electron chi connectivity index (χ4n) is 1.12. The summed E-state index contributed by atoms with van der Waals surface area (Å²) >= 11 is 3.23. The largest absolute Gasteiger partial charge is 0.268 e. The van der Waals surface area contributed by atoms with E-state index in [4.69, 9.17) is 0 Å². The van der Waals surface area contributed by atoms with E-state index >= 15 is 0 Å². The molecule has 1 amide bonds. The normalized spacial score (nSPS) is 11.1. The number of carbonyl (C=O) groups is 1. The third-order valence-electron chi connectivity index (χ3n) is 1.83. The molecule has 0 fully saturated rings. The van der Waals surface area contributed by atoms with Gasteiger partial charge in [-0.25, -0.2) is 13.1 Å². The molecule has 88 valence electrons. The van der Waals surface area contributed by atoms with Crippen LogP contribution in [-0.4, -0.2) is 20.1 Å². The Morgan fingerprint density at radius 3 is 2.38 bits per heavy atom. The van der Waals surface area contributed by atoms with Crippen LogP contribution in [0.5, 0.6) is 0 Å². The summed E-state index contributed by atoms with van der Waals surface area (Å²) in [7, 11) is -3.50. The van der Waals surface area contributed by atoms with Crippen LogP contribution in [0.4, 0.5) is 0 Å². The van der Waals surface area contributed by atoms with Crippen LogP contribution in [0.3, 0.4) is 0 Å². The molecule has 0 saturated carbocycles. The molecule has 1 aromatic carbocycles. The van der Waals surface area contributed by atoms with Gasteiger partial charge < -0.3 is 0 Å². The van der Waals surface area contributed by atoms with Crippen LogP contribution in [0.25, 0.3) is 0 Å². The molecule has 4 nitrogen and oxygen atoms in total. The lowest BCUT2D eigenvalue weighted by Crippen LogP contribution is -2.32. The highest BCUT2D eigenvalue weighted by Gasteiger charge is 2.14. The summed E-state index contributed by atoms with van der Waals surface area (Å²) in [6, 6.07) is 6.48. The number of nitrogens with one attached hydrogen (secondary N) is 1. The first kappa shape index (κ1) is 13.2. The topological polar surface area (TPSA) is 63.2 Å². The maximum Gasteiger partial charge on any atom is 0.264 e. The molecule has 0 heterocycles. The van der Waals surface area contributed by atoms with Gasteiger partial charge in [-0.15, -0.1) is 0 Å². The molecule has 0 saturated heterocycles. The summed E-state index contributed by atoms with van der Waals surface area (Å²) in [5.74, 6) is -0.643. The molecule has 0 radical (unpaired) electrons. The molecule has 0 atom stereocenters. The Labute approximate surface area is 103 Å². The van der Waals surface area contributed by atoms with Crippen molar-refractivity contribution in [2.24, 2.45) is 0 Å². The molecule has 0 aliphatic rings. The van der Waals surface area contributed by atoms with Crippen molar-refractivity contribution in [3.63, 3.8) is 0 Å². The lowest BCUT2D eigenvalue weighted by atomic mass is 10.2. The van der Waals surface area contributed by atoms with Crippen molar-refractivity contribution >= 4 is 31.9 Å². The molecular formula is C10H12BrNO3S. The lowest BCUT2D eigenvalue weighted by Gasteiger charge is -2.05. The van der Waals surface area contributed by atoms with Crippen LogP contribution in [-0.2, 0) is 10.0 Å². The van der Waals surface area contributed by atoms with Gasteiger partial charge in [0.1, 0.15) is 0 Å². The standard InChI is InChI=1S/C10H12BrNO3S/c1-2-7-16(14,15)12-10(13)8-3-5-9(11)6-4-8/h3-6H,2,7H2,1H3,(H,12,13). The minimum absolute atomic E-state index is 0.0464. The molecule has 0 aliphatic heterocycles. The van der Waals surface area contributed by atoms with Gasteiger partial charge in [0.25, 0.3) is 5.91 Å². The predicted octanol–water partition coefficient (Wildman–Crippen LogP) is 1.92. The lowest BCUT2D eigenvalue weighted by molar-refractivity contribution is 0.0981. The fourth-order valence-corrected chi connectivity index (χ4v) is 2.43. The highest BCUT2D eigenvalue weighted by Crippen LogP contribution is 2.10. The molecule has 0 spiro atoms. The SMILES string of the molecule is CCCS(=O)(=O)NC(=O)c1ccc(Br)cc1. The zero-order valence-electron chi connectivity index (χ0n) is 8.73. The Bertz CT molecular complexity index is 467. The summed E-state index contributed by atoms with van der Waals surface area (Å²) in [5, 5.41) is 0. The molecule has 0 bridgehead atoms. The number of rotatable bonds is 4. The Morgan fingerprint density at radius 2 is 1.88 bits per heavy atom. The second-order valence-electron chi connectivity index (χ2n) is 3.26. The van der Waals surface area contributed by atoms with Crippen LogP contribution >= 0.6 is 15.9 Å². The number of carbonyl (C=O) groups excluding carboxylic acids is 1. The first-order chi connectivity index (χ1) is 7.44. The van der Waals surface area contributed by atoms with Crippen molar-refractivity contribution in [2.75, 3.05) is 5.75 Å². The monoisotopic (exact) mass is 305 g/mol. The minimum Gasteiger partial charge on any atom is -0.268 e. The van der Waals surface area contributed by atoms with E-state index in [1.165, 1.54) is 0 Å². The van der Waals surface area contributed by atoms with Crippen LogP contribution in [0.15, 0.2) is 28.7 Å². The summed E-state index contributed by atoms with van der Waals surface area (Å²) in [4.78, 5) is 11.5. The van der Waals surface area contributed by atoms with Crippen molar-refractivity contribution in [1.82, 2.24) is 4.72 Å². The van der Waals surface area contributed by atoms with Gasteiger partial charge >= 0.3 is 0 Å². The number of hydrogen-bond donors (Lipinski definition) is 1. The third kappa shape index (κ3) is 3.94. The Balaban J connectivity index is 2.77.